The minimum absolute atomic E-state index is 0.00977. The molecule has 5 heteroatoms. The molecule has 0 atom stereocenters. The predicted octanol–water partition coefficient (Wildman–Crippen LogP) is 3.75. The van der Waals surface area contributed by atoms with E-state index < -0.39 is 15.9 Å². The van der Waals surface area contributed by atoms with Gasteiger partial charge in [0, 0.05) is 0 Å². The van der Waals surface area contributed by atoms with Gasteiger partial charge in [-0.25, -0.2) is 4.39 Å². The molecule has 0 aliphatic heterocycles. The van der Waals surface area contributed by atoms with E-state index in [1.807, 2.05) is 18.2 Å². The zero-order valence-corrected chi connectivity index (χ0v) is 11.7. The van der Waals surface area contributed by atoms with Gasteiger partial charge >= 0.3 is 10.1 Å². The van der Waals surface area contributed by atoms with E-state index in [9.17, 15) is 12.8 Å². The highest BCUT2D eigenvalue weighted by molar-refractivity contribution is 7.87. The molecular formula is C16H11FO3S. The molecule has 3 aromatic rings. The Morgan fingerprint density at radius 1 is 0.810 bits per heavy atom. The summed E-state index contributed by atoms with van der Waals surface area (Å²) in [5.41, 5.74) is 0. The van der Waals surface area contributed by atoms with Crippen LogP contribution in [-0.4, -0.2) is 8.42 Å². The molecule has 106 valence electrons. The second kappa shape index (κ2) is 5.18. The minimum Gasteiger partial charge on any atom is -0.376 e. The van der Waals surface area contributed by atoms with Crippen molar-refractivity contribution in [1.82, 2.24) is 0 Å². The number of hydrogen-bond acceptors (Lipinski definition) is 3. The van der Waals surface area contributed by atoms with Crippen molar-refractivity contribution in [2.24, 2.45) is 0 Å². The largest absolute Gasteiger partial charge is 0.376 e. The van der Waals surface area contributed by atoms with Crippen LogP contribution in [-0.2, 0) is 10.1 Å². The fourth-order valence-corrected chi connectivity index (χ4v) is 2.98. The van der Waals surface area contributed by atoms with Crippen molar-refractivity contribution in [2.45, 2.75) is 4.90 Å². The molecule has 0 bridgehead atoms. The standard InChI is InChI=1S/C16H11FO3S/c17-15-7-3-4-8-16(15)20-21(18,19)14-10-9-12-5-1-2-6-13(12)11-14/h1-11H. The smallest absolute Gasteiger partial charge is 0.339 e. The normalized spacial score (nSPS) is 11.5. The first-order chi connectivity index (χ1) is 10.1. The average molecular weight is 302 g/mol. The van der Waals surface area contributed by atoms with Crippen LogP contribution in [0.25, 0.3) is 10.8 Å². The van der Waals surface area contributed by atoms with Gasteiger partial charge in [0.1, 0.15) is 4.90 Å². The lowest BCUT2D eigenvalue weighted by molar-refractivity contribution is 0.461. The fraction of sp³-hybridized carbons (Fsp3) is 0. The third-order valence-electron chi connectivity index (χ3n) is 3.05. The van der Waals surface area contributed by atoms with Gasteiger partial charge in [0.25, 0.3) is 0 Å². The molecule has 0 unspecified atom stereocenters. The van der Waals surface area contributed by atoms with Crippen LogP contribution < -0.4 is 4.18 Å². The number of halogens is 1. The van der Waals surface area contributed by atoms with E-state index in [0.29, 0.717) is 0 Å². The van der Waals surface area contributed by atoms with Crippen molar-refractivity contribution in [1.29, 1.82) is 0 Å². The van der Waals surface area contributed by atoms with E-state index in [2.05, 4.69) is 0 Å². The van der Waals surface area contributed by atoms with Gasteiger partial charge in [-0.05, 0) is 35.0 Å². The summed E-state index contributed by atoms with van der Waals surface area (Å²) >= 11 is 0. The summed E-state index contributed by atoms with van der Waals surface area (Å²) in [6, 6.07) is 17.4. The fourth-order valence-electron chi connectivity index (χ4n) is 2.00. The summed E-state index contributed by atoms with van der Waals surface area (Å²) in [5, 5.41) is 1.69. The molecule has 3 nitrogen and oxygen atoms in total. The quantitative estimate of drug-likeness (QED) is 0.692. The van der Waals surface area contributed by atoms with E-state index in [0.717, 1.165) is 16.8 Å². The first-order valence-electron chi connectivity index (χ1n) is 6.24. The van der Waals surface area contributed by atoms with Gasteiger partial charge in [0.05, 0.1) is 0 Å². The molecule has 21 heavy (non-hydrogen) atoms. The minimum atomic E-state index is -4.07. The van der Waals surface area contributed by atoms with Crippen LogP contribution in [0.1, 0.15) is 0 Å². The summed E-state index contributed by atoms with van der Waals surface area (Å²) in [5.74, 6) is -1.03. The van der Waals surface area contributed by atoms with Crippen molar-refractivity contribution in [3.8, 4) is 5.75 Å². The molecule has 0 N–H and O–H groups in total. The summed E-state index contributed by atoms with van der Waals surface area (Å²) in [6.07, 6.45) is 0. The third-order valence-corrected chi connectivity index (χ3v) is 4.28. The molecular weight excluding hydrogens is 291 g/mol. The van der Waals surface area contributed by atoms with Gasteiger partial charge in [-0.15, -0.1) is 0 Å². The summed E-state index contributed by atoms with van der Waals surface area (Å²) in [7, 11) is -4.07. The molecule has 3 aromatic carbocycles. The predicted molar refractivity (Wildman–Crippen MR) is 78.2 cm³/mol. The van der Waals surface area contributed by atoms with Crippen LogP contribution in [0.2, 0.25) is 0 Å². The lowest BCUT2D eigenvalue weighted by Crippen LogP contribution is -2.10. The van der Waals surface area contributed by atoms with Crippen LogP contribution in [0.15, 0.2) is 71.6 Å². The Hall–Kier alpha value is -2.40. The van der Waals surface area contributed by atoms with Crippen molar-refractivity contribution in [3.05, 3.63) is 72.5 Å². The summed E-state index contributed by atoms with van der Waals surface area (Å²) in [4.78, 5) is -0.00977. The number of hydrogen-bond donors (Lipinski definition) is 0. The third kappa shape index (κ3) is 2.73. The number of para-hydroxylation sites is 1. The molecule has 0 fully saturated rings. The van der Waals surface area contributed by atoms with E-state index in [-0.39, 0.29) is 10.6 Å². The lowest BCUT2D eigenvalue weighted by atomic mass is 10.1. The zero-order valence-electron chi connectivity index (χ0n) is 10.9. The van der Waals surface area contributed by atoms with Crippen molar-refractivity contribution in [3.63, 3.8) is 0 Å². The highest BCUT2D eigenvalue weighted by atomic mass is 32.2. The van der Waals surface area contributed by atoms with E-state index in [4.69, 9.17) is 4.18 Å². The number of fused-ring (bicyclic) bond motifs is 1. The van der Waals surface area contributed by atoms with Crippen LogP contribution in [0, 0.1) is 5.82 Å². The van der Waals surface area contributed by atoms with Crippen LogP contribution in [0.3, 0.4) is 0 Å². The van der Waals surface area contributed by atoms with Gasteiger partial charge in [0.15, 0.2) is 11.6 Å². The van der Waals surface area contributed by atoms with E-state index in [1.54, 1.807) is 12.1 Å². The molecule has 0 amide bonds. The average Bonchev–Trinajstić information content (AvgIpc) is 2.49. The molecule has 0 heterocycles. The number of rotatable bonds is 3. The van der Waals surface area contributed by atoms with Crippen molar-refractivity contribution < 1.29 is 17.0 Å². The Balaban J connectivity index is 2.02. The molecule has 0 aromatic heterocycles. The van der Waals surface area contributed by atoms with Gasteiger partial charge in [-0.3, -0.25) is 0 Å². The van der Waals surface area contributed by atoms with Crippen LogP contribution in [0.5, 0.6) is 5.75 Å². The van der Waals surface area contributed by atoms with E-state index >= 15 is 0 Å². The SMILES string of the molecule is O=S(=O)(Oc1ccccc1F)c1ccc2ccccc2c1. The first kappa shape index (κ1) is 13.6. The van der Waals surface area contributed by atoms with Crippen molar-refractivity contribution >= 4 is 20.9 Å². The Morgan fingerprint density at radius 3 is 2.24 bits per heavy atom. The second-order valence-electron chi connectivity index (χ2n) is 4.48. The maximum Gasteiger partial charge on any atom is 0.339 e. The monoisotopic (exact) mass is 302 g/mol. The molecule has 0 aliphatic rings. The molecule has 0 saturated heterocycles. The first-order valence-corrected chi connectivity index (χ1v) is 7.65. The van der Waals surface area contributed by atoms with Crippen LogP contribution >= 0.6 is 0 Å². The summed E-state index contributed by atoms with van der Waals surface area (Å²) < 4.78 is 42.8. The van der Waals surface area contributed by atoms with Gasteiger partial charge in [0.2, 0.25) is 0 Å². The van der Waals surface area contributed by atoms with Gasteiger partial charge < -0.3 is 4.18 Å². The Labute approximate surface area is 121 Å². The highest BCUT2D eigenvalue weighted by Crippen LogP contribution is 2.24. The van der Waals surface area contributed by atoms with Crippen molar-refractivity contribution in [2.75, 3.05) is 0 Å². The number of benzene rings is 3. The Bertz CT molecular complexity index is 904. The maximum absolute atomic E-state index is 13.5. The van der Waals surface area contributed by atoms with Crippen LogP contribution in [0.4, 0.5) is 4.39 Å². The molecule has 0 radical (unpaired) electrons. The molecule has 3 rings (SSSR count). The highest BCUT2D eigenvalue weighted by Gasteiger charge is 2.18. The second-order valence-corrected chi connectivity index (χ2v) is 6.02. The lowest BCUT2D eigenvalue weighted by Gasteiger charge is -2.08. The zero-order chi connectivity index (χ0) is 14.9. The Morgan fingerprint density at radius 2 is 1.48 bits per heavy atom. The summed E-state index contributed by atoms with van der Waals surface area (Å²) in [6.45, 7) is 0. The molecule has 0 saturated carbocycles. The van der Waals surface area contributed by atoms with Gasteiger partial charge in [-0.1, -0.05) is 42.5 Å². The molecule has 0 spiro atoms. The van der Waals surface area contributed by atoms with Gasteiger partial charge in [-0.2, -0.15) is 8.42 Å². The maximum atomic E-state index is 13.5. The Kier molecular flexibility index (Phi) is 3.35. The molecule has 0 aliphatic carbocycles. The topological polar surface area (TPSA) is 43.4 Å². The van der Waals surface area contributed by atoms with E-state index in [1.165, 1.54) is 30.3 Å².